The summed E-state index contributed by atoms with van der Waals surface area (Å²) in [6, 6.07) is 19.4. The van der Waals surface area contributed by atoms with Crippen LogP contribution in [-0.4, -0.2) is 50.8 Å². The summed E-state index contributed by atoms with van der Waals surface area (Å²) in [5, 5.41) is 2.79. The highest BCUT2D eigenvalue weighted by atomic mass is 32.2. The lowest BCUT2D eigenvalue weighted by Crippen LogP contribution is -2.53. The standard InChI is InChI=1S/C30H34F3N3O4S/c1-3-19-34-29(38)27(4-2)35(20-18-23-12-7-5-8-13-23)28(37)22-36(41(39,40)26-16-9-6-10-17-26)25-15-11-14-24(21-25)30(31,32)33/h5-17,21,27H,3-4,18-20,22H2,1-2H3,(H,34,38). The van der Waals surface area contributed by atoms with Gasteiger partial charge in [0.15, 0.2) is 0 Å². The maximum absolute atomic E-state index is 13.9. The van der Waals surface area contributed by atoms with E-state index in [-0.39, 0.29) is 29.5 Å². The number of amides is 2. The molecule has 0 aliphatic rings. The number of sulfonamides is 1. The zero-order valence-corrected chi connectivity index (χ0v) is 23.8. The number of nitrogens with one attached hydrogen (secondary N) is 1. The van der Waals surface area contributed by atoms with Crippen molar-refractivity contribution in [2.24, 2.45) is 0 Å². The third-order valence-electron chi connectivity index (χ3n) is 6.49. The van der Waals surface area contributed by atoms with E-state index in [2.05, 4.69) is 5.32 Å². The summed E-state index contributed by atoms with van der Waals surface area (Å²) in [6.45, 7) is 3.33. The van der Waals surface area contributed by atoms with E-state index in [1.165, 1.54) is 35.2 Å². The van der Waals surface area contributed by atoms with Crippen molar-refractivity contribution in [1.29, 1.82) is 0 Å². The quantitative estimate of drug-likeness (QED) is 0.294. The van der Waals surface area contributed by atoms with Crippen molar-refractivity contribution in [3.05, 3.63) is 96.1 Å². The molecule has 3 rings (SSSR count). The van der Waals surface area contributed by atoms with Crippen LogP contribution in [0.15, 0.2) is 89.8 Å². The molecule has 220 valence electrons. The number of halogens is 3. The molecule has 0 saturated heterocycles. The van der Waals surface area contributed by atoms with Gasteiger partial charge >= 0.3 is 6.18 Å². The monoisotopic (exact) mass is 589 g/mol. The fourth-order valence-electron chi connectivity index (χ4n) is 4.35. The molecule has 0 bridgehead atoms. The van der Waals surface area contributed by atoms with Crippen LogP contribution in [0.1, 0.15) is 37.8 Å². The predicted octanol–water partition coefficient (Wildman–Crippen LogP) is 5.28. The van der Waals surface area contributed by atoms with Crippen LogP contribution in [0.5, 0.6) is 0 Å². The Morgan fingerprint density at radius 3 is 2.12 bits per heavy atom. The van der Waals surface area contributed by atoms with E-state index in [0.717, 1.165) is 17.7 Å². The van der Waals surface area contributed by atoms with Crippen molar-refractivity contribution in [2.75, 3.05) is 23.9 Å². The van der Waals surface area contributed by atoms with Crippen molar-refractivity contribution < 1.29 is 31.2 Å². The van der Waals surface area contributed by atoms with Gasteiger partial charge < -0.3 is 10.2 Å². The van der Waals surface area contributed by atoms with Crippen LogP contribution in [0.25, 0.3) is 0 Å². The molecule has 1 N–H and O–H groups in total. The normalized spacial score (nSPS) is 12.4. The number of carbonyl (C=O) groups excluding carboxylic acids is 2. The molecule has 0 aliphatic heterocycles. The Bertz CT molecular complexity index is 1400. The molecule has 1 unspecified atom stereocenters. The van der Waals surface area contributed by atoms with E-state index in [1.807, 2.05) is 37.3 Å². The highest BCUT2D eigenvalue weighted by Crippen LogP contribution is 2.33. The third-order valence-corrected chi connectivity index (χ3v) is 8.28. The van der Waals surface area contributed by atoms with Crippen LogP contribution in [0.3, 0.4) is 0 Å². The summed E-state index contributed by atoms with van der Waals surface area (Å²) in [4.78, 5) is 28.1. The fourth-order valence-corrected chi connectivity index (χ4v) is 5.77. The molecule has 0 spiro atoms. The van der Waals surface area contributed by atoms with Crippen molar-refractivity contribution in [3.8, 4) is 0 Å². The lowest BCUT2D eigenvalue weighted by atomic mass is 10.1. The van der Waals surface area contributed by atoms with Gasteiger partial charge in [0.25, 0.3) is 10.0 Å². The Balaban J connectivity index is 2.05. The summed E-state index contributed by atoms with van der Waals surface area (Å²) in [5.41, 5.74) is -0.466. The minimum atomic E-state index is -4.73. The first-order valence-electron chi connectivity index (χ1n) is 13.3. The smallest absolute Gasteiger partial charge is 0.354 e. The number of hydrogen-bond donors (Lipinski definition) is 1. The Morgan fingerprint density at radius 2 is 1.54 bits per heavy atom. The molecule has 11 heteroatoms. The van der Waals surface area contributed by atoms with Gasteiger partial charge in [-0.2, -0.15) is 13.2 Å². The molecule has 0 saturated carbocycles. The first-order chi connectivity index (χ1) is 19.5. The average Bonchev–Trinajstić information content (AvgIpc) is 2.97. The Labute approximate surface area is 239 Å². The maximum atomic E-state index is 13.9. The molecule has 0 radical (unpaired) electrons. The van der Waals surface area contributed by atoms with Gasteiger partial charge in [-0.05, 0) is 55.2 Å². The molecule has 0 heterocycles. The van der Waals surface area contributed by atoms with E-state index in [1.54, 1.807) is 13.0 Å². The first kappa shape index (κ1) is 31.7. The molecule has 3 aromatic rings. The number of alkyl halides is 3. The maximum Gasteiger partial charge on any atom is 0.416 e. The Morgan fingerprint density at radius 1 is 0.902 bits per heavy atom. The van der Waals surface area contributed by atoms with Gasteiger partial charge in [-0.3, -0.25) is 13.9 Å². The van der Waals surface area contributed by atoms with Gasteiger partial charge in [-0.15, -0.1) is 0 Å². The van der Waals surface area contributed by atoms with Crippen LogP contribution >= 0.6 is 0 Å². The van der Waals surface area contributed by atoms with Gasteiger partial charge in [0.2, 0.25) is 11.8 Å². The number of anilines is 1. The fraction of sp³-hybridized carbons (Fsp3) is 0.333. The van der Waals surface area contributed by atoms with Crippen molar-refractivity contribution in [2.45, 2.75) is 50.2 Å². The van der Waals surface area contributed by atoms with Crippen molar-refractivity contribution in [3.63, 3.8) is 0 Å². The van der Waals surface area contributed by atoms with Crippen LogP contribution in [0.2, 0.25) is 0 Å². The lowest BCUT2D eigenvalue weighted by molar-refractivity contribution is -0.139. The third kappa shape index (κ3) is 8.32. The molecule has 3 aromatic carbocycles. The van der Waals surface area contributed by atoms with Crippen molar-refractivity contribution >= 4 is 27.5 Å². The molecule has 0 aromatic heterocycles. The largest absolute Gasteiger partial charge is 0.416 e. The summed E-state index contributed by atoms with van der Waals surface area (Å²) >= 11 is 0. The topological polar surface area (TPSA) is 86.8 Å². The minimum absolute atomic E-state index is 0.0999. The molecule has 7 nitrogen and oxygen atoms in total. The number of rotatable bonds is 13. The molecule has 0 fully saturated rings. The molecule has 2 amide bonds. The molecular weight excluding hydrogens is 555 g/mol. The minimum Gasteiger partial charge on any atom is -0.354 e. The number of benzene rings is 3. The van der Waals surface area contributed by atoms with Gasteiger partial charge in [-0.1, -0.05) is 68.4 Å². The van der Waals surface area contributed by atoms with Gasteiger partial charge in [0.05, 0.1) is 16.1 Å². The molecule has 1 atom stereocenters. The Kier molecular flexibility index (Phi) is 10.9. The van der Waals surface area contributed by atoms with Gasteiger partial charge in [-0.25, -0.2) is 8.42 Å². The second kappa shape index (κ2) is 14.2. The summed E-state index contributed by atoms with van der Waals surface area (Å²) in [7, 11) is -4.46. The van der Waals surface area contributed by atoms with Crippen LogP contribution in [0, 0.1) is 0 Å². The zero-order chi connectivity index (χ0) is 30.0. The van der Waals surface area contributed by atoms with E-state index in [0.29, 0.717) is 29.8 Å². The second-order valence-electron chi connectivity index (χ2n) is 9.41. The molecule has 0 aliphatic carbocycles. The van der Waals surface area contributed by atoms with E-state index >= 15 is 0 Å². The zero-order valence-electron chi connectivity index (χ0n) is 23.0. The summed E-state index contributed by atoms with van der Waals surface area (Å²) in [5.74, 6) is -1.09. The van der Waals surface area contributed by atoms with E-state index in [4.69, 9.17) is 0 Å². The number of nitrogens with zero attached hydrogens (tertiary/aromatic N) is 2. The van der Waals surface area contributed by atoms with Crippen LogP contribution in [0.4, 0.5) is 18.9 Å². The average molecular weight is 590 g/mol. The Hall–Kier alpha value is -3.86. The number of carbonyl (C=O) groups is 2. The van der Waals surface area contributed by atoms with Crippen LogP contribution < -0.4 is 9.62 Å². The predicted molar refractivity (Wildman–Crippen MR) is 152 cm³/mol. The SMILES string of the molecule is CCCNC(=O)C(CC)N(CCc1ccccc1)C(=O)CN(c1cccc(C(F)(F)F)c1)S(=O)(=O)c1ccccc1. The number of hydrogen-bond acceptors (Lipinski definition) is 4. The second-order valence-corrected chi connectivity index (χ2v) is 11.3. The van der Waals surface area contributed by atoms with Gasteiger partial charge in [0, 0.05) is 13.1 Å². The van der Waals surface area contributed by atoms with Crippen molar-refractivity contribution in [1.82, 2.24) is 10.2 Å². The molecular formula is C30H34F3N3O4S. The first-order valence-corrected chi connectivity index (χ1v) is 14.8. The van der Waals surface area contributed by atoms with E-state index in [9.17, 15) is 31.2 Å². The highest BCUT2D eigenvalue weighted by molar-refractivity contribution is 7.92. The lowest BCUT2D eigenvalue weighted by Gasteiger charge is -2.33. The highest BCUT2D eigenvalue weighted by Gasteiger charge is 2.35. The van der Waals surface area contributed by atoms with E-state index < -0.39 is 40.3 Å². The van der Waals surface area contributed by atoms with Crippen LogP contribution in [-0.2, 0) is 32.2 Å². The van der Waals surface area contributed by atoms with Gasteiger partial charge in [0.1, 0.15) is 12.6 Å². The molecule has 41 heavy (non-hydrogen) atoms. The summed E-state index contributed by atoms with van der Waals surface area (Å²) < 4.78 is 68.8. The summed E-state index contributed by atoms with van der Waals surface area (Å²) in [6.07, 6.45) is -3.41.